The zero-order valence-corrected chi connectivity index (χ0v) is 20.2. The number of primary sulfonamides is 1. The van der Waals surface area contributed by atoms with E-state index >= 15 is 0 Å². The molecule has 0 bridgehead atoms. The van der Waals surface area contributed by atoms with Crippen LogP contribution in [0.25, 0.3) is 27.8 Å². The minimum absolute atomic E-state index is 0.0510. The van der Waals surface area contributed by atoms with E-state index in [2.05, 4.69) is 20.3 Å². The van der Waals surface area contributed by atoms with E-state index in [0.29, 0.717) is 33.6 Å². The summed E-state index contributed by atoms with van der Waals surface area (Å²) in [5.74, 6) is -0.382. The highest BCUT2D eigenvalue weighted by Gasteiger charge is 2.21. The Morgan fingerprint density at radius 2 is 1.81 bits per heavy atom. The van der Waals surface area contributed by atoms with E-state index in [4.69, 9.17) is 9.88 Å². The molecule has 4 N–H and O–H groups in total. The van der Waals surface area contributed by atoms with Crippen molar-refractivity contribution in [2.45, 2.75) is 4.90 Å². The fourth-order valence-electron chi connectivity index (χ4n) is 3.87. The number of hydrogen-bond donors (Lipinski definition) is 3. The number of azo groups is 1. The summed E-state index contributed by atoms with van der Waals surface area (Å²) < 4.78 is 30.0. The first kappa shape index (κ1) is 23.9. The Morgan fingerprint density at radius 3 is 2.49 bits per heavy atom. The van der Waals surface area contributed by atoms with Gasteiger partial charge in [-0.3, -0.25) is 4.79 Å². The number of aromatic nitrogens is 3. The first-order chi connectivity index (χ1) is 17.8. The number of amides is 1. The maximum atomic E-state index is 13.2. The van der Waals surface area contributed by atoms with Crippen molar-refractivity contribution in [2.24, 2.45) is 15.4 Å². The third-order valence-corrected chi connectivity index (χ3v) is 6.59. The summed E-state index contributed by atoms with van der Waals surface area (Å²) >= 11 is 0. The molecule has 1 amide bonds. The predicted octanol–water partition coefficient (Wildman–Crippen LogP) is 4.31. The van der Waals surface area contributed by atoms with Crippen LogP contribution in [-0.4, -0.2) is 41.3 Å². The molecule has 12 heteroatoms. The maximum absolute atomic E-state index is 13.2. The zero-order chi connectivity index (χ0) is 26.2. The molecule has 0 unspecified atom stereocenters. The van der Waals surface area contributed by atoms with E-state index in [1.807, 2.05) is 18.2 Å². The Balaban J connectivity index is 1.57. The molecule has 0 saturated carbocycles. The highest BCUT2D eigenvalue weighted by Crippen LogP contribution is 2.37. The normalized spacial score (nSPS) is 11.8. The fraction of sp³-hybridized carbons (Fsp3) is 0.0400. The molecule has 11 nitrogen and oxygen atoms in total. The lowest BCUT2D eigenvalue weighted by molar-refractivity contribution is 0.0995. The molecule has 37 heavy (non-hydrogen) atoms. The van der Waals surface area contributed by atoms with Crippen molar-refractivity contribution >= 4 is 32.5 Å². The van der Waals surface area contributed by atoms with Gasteiger partial charge in [0.25, 0.3) is 5.91 Å². The number of aromatic amines is 1. The van der Waals surface area contributed by atoms with Crippen LogP contribution in [0, 0.1) is 0 Å². The zero-order valence-electron chi connectivity index (χ0n) is 19.4. The Bertz CT molecular complexity index is 1760. The summed E-state index contributed by atoms with van der Waals surface area (Å²) in [5.41, 5.74) is 2.45. The molecule has 0 atom stereocenters. The van der Waals surface area contributed by atoms with Crippen molar-refractivity contribution in [2.75, 3.05) is 7.11 Å². The van der Waals surface area contributed by atoms with Gasteiger partial charge in [-0.15, -0.1) is 10.2 Å². The van der Waals surface area contributed by atoms with Crippen LogP contribution in [0.4, 0.5) is 5.69 Å². The van der Waals surface area contributed by atoms with Gasteiger partial charge in [-0.05, 0) is 42.5 Å². The van der Waals surface area contributed by atoms with Crippen LogP contribution in [0.1, 0.15) is 10.4 Å². The standard InChI is InChI=1S/C25H20N6O5S/c1-36-17-9-12-21-19(13-17)22(25(33)28-21)29-30-24(32)20-14-27-31(23(20)15-5-3-2-4-6-15)16-7-10-18(11-8-16)37(26,34)35/h2-14,28,33H,1H3,(H2,26,34,35). The number of H-pyrrole nitrogens is 1. The first-order valence-corrected chi connectivity index (χ1v) is 12.4. The number of hydrogen-bond acceptors (Lipinski definition) is 7. The number of carbonyl (C=O) groups is 1. The van der Waals surface area contributed by atoms with Crippen molar-refractivity contribution in [1.29, 1.82) is 0 Å². The molecular formula is C25H20N6O5S. The molecule has 5 rings (SSSR count). The number of methoxy groups -OCH3 is 1. The second kappa shape index (κ2) is 9.33. The lowest BCUT2D eigenvalue weighted by atomic mass is 10.1. The van der Waals surface area contributed by atoms with Gasteiger partial charge in [0, 0.05) is 10.9 Å². The number of nitrogens with one attached hydrogen (secondary N) is 1. The minimum atomic E-state index is -3.87. The van der Waals surface area contributed by atoms with Crippen LogP contribution in [0.3, 0.4) is 0 Å². The van der Waals surface area contributed by atoms with Crippen LogP contribution < -0.4 is 9.88 Å². The summed E-state index contributed by atoms with van der Waals surface area (Å²) in [4.78, 5) is 15.9. The summed E-state index contributed by atoms with van der Waals surface area (Å²) in [6, 6.07) is 20.0. The van der Waals surface area contributed by atoms with Crippen LogP contribution in [0.5, 0.6) is 11.6 Å². The Morgan fingerprint density at radius 1 is 1.08 bits per heavy atom. The number of aromatic hydroxyl groups is 1. The van der Waals surface area contributed by atoms with Crippen molar-refractivity contribution in [3.8, 4) is 28.6 Å². The number of rotatable bonds is 6. The fourth-order valence-corrected chi connectivity index (χ4v) is 4.39. The summed E-state index contributed by atoms with van der Waals surface area (Å²) in [6.45, 7) is 0. The molecule has 0 aliphatic carbocycles. The van der Waals surface area contributed by atoms with Crippen LogP contribution >= 0.6 is 0 Å². The number of carbonyl (C=O) groups excluding carboxylic acids is 1. The van der Waals surface area contributed by atoms with Crippen LogP contribution in [-0.2, 0) is 10.0 Å². The van der Waals surface area contributed by atoms with Crippen LogP contribution in [0.2, 0.25) is 0 Å². The molecule has 0 saturated heterocycles. The van der Waals surface area contributed by atoms with Crippen molar-refractivity contribution in [3.63, 3.8) is 0 Å². The van der Waals surface area contributed by atoms with Crippen molar-refractivity contribution in [3.05, 3.63) is 84.6 Å². The van der Waals surface area contributed by atoms with Gasteiger partial charge in [-0.1, -0.05) is 30.3 Å². The molecule has 0 fully saturated rings. The summed E-state index contributed by atoms with van der Waals surface area (Å²) in [6.07, 6.45) is 1.36. The van der Waals surface area contributed by atoms with E-state index in [0.717, 1.165) is 0 Å². The number of fused-ring (bicyclic) bond motifs is 1. The first-order valence-electron chi connectivity index (χ1n) is 10.9. The molecule has 186 valence electrons. The van der Waals surface area contributed by atoms with E-state index in [1.165, 1.54) is 42.3 Å². The van der Waals surface area contributed by atoms with Gasteiger partial charge in [0.2, 0.25) is 15.9 Å². The molecular weight excluding hydrogens is 496 g/mol. The third kappa shape index (κ3) is 4.58. The summed E-state index contributed by atoms with van der Waals surface area (Å²) in [5, 5.41) is 28.3. The number of ether oxygens (including phenoxy) is 1. The van der Waals surface area contributed by atoms with Crippen LogP contribution in [0.15, 0.2) is 94.1 Å². The molecule has 2 heterocycles. The van der Waals surface area contributed by atoms with Gasteiger partial charge in [0.15, 0.2) is 5.69 Å². The second-order valence-electron chi connectivity index (χ2n) is 7.96. The molecule has 0 spiro atoms. The number of benzene rings is 3. The quantitative estimate of drug-likeness (QED) is 0.285. The Kier molecular flexibility index (Phi) is 6.03. The molecule has 0 aliphatic rings. The molecule has 5 aromatic rings. The smallest absolute Gasteiger partial charge is 0.299 e. The lowest BCUT2D eigenvalue weighted by Gasteiger charge is -2.09. The average Bonchev–Trinajstić information content (AvgIpc) is 3.48. The maximum Gasteiger partial charge on any atom is 0.299 e. The predicted molar refractivity (Wildman–Crippen MR) is 136 cm³/mol. The van der Waals surface area contributed by atoms with E-state index in [-0.39, 0.29) is 22.0 Å². The van der Waals surface area contributed by atoms with Gasteiger partial charge in [-0.25, -0.2) is 18.2 Å². The van der Waals surface area contributed by atoms with Gasteiger partial charge in [-0.2, -0.15) is 5.10 Å². The molecule has 3 aromatic carbocycles. The SMILES string of the molecule is COc1ccc2[nH]c(O)c(N=NC(=O)c3cnn(-c4ccc(S(N)(=O)=O)cc4)c3-c3ccccc3)c2c1. The van der Waals surface area contributed by atoms with Gasteiger partial charge in [0.1, 0.15) is 5.75 Å². The minimum Gasteiger partial charge on any atom is -0.497 e. The van der Waals surface area contributed by atoms with Gasteiger partial charge < -0.3 is 14.8 Å². The summed E-state index contributed by atoms with van der Waals surface area (Å²) in [7, 11) is -2.35. The third-order valence-electron chi connectivity index (χ3n) is 5.66. The topological polar surface area (TPSA) is 165 Å². The van der Waals surface area contributed by atoms with E-state index < -0.39 is 15.9 Å². The van der Waals surface area contributed by atoms with E-state index in [9.17, 15) is 18.3 Å². The molecule has 2 aromatic heterocycles. The second-order valence-corrected chi connectivity index (χ2v) is 9.52. The lowest BCUT2D eigenvalue weighted by Crippen LogP contribution is -2.12. The highest BCUT2D eigenvalue weighted by atomic mass is 32.2. The Labute approximate surface area is 210 Å². The Hall–Kier alpha value is -4.81. The highest BCUT2D eigenvalue weighted by molar-refractivity contribution is 7.89. The van der Waals surface area contributed by atoms with Crippen molar-refractivity contribution in [1.82, 2.24) is 14.8 Å². The molecule has 0 radical (unpaired) electrons. The van der Waals surface area contributed by atoms with Gasteiger partial charge >= 0.3 is 0 Å². The number of sulfonamides is 1. The number of nitrogens with zero attached hydrogens (tertiary/aromatic N) is 4. The number of nitrogens with two attached hydrogens (primary N) is 1. The monoisotopic (exact) mass is 516 g/mol. The van der Waals surface area contributed by atoms with E-state index in [1.54, 1.807) is 30.3 Å². The average molecular weight is 517 g/mol. The molecule has 0 aliphatic heterocycles. The van der Waals surface area contributed by atoms with Crippen molar-refractivity contribution < 1.29 is 23.1 Å². The van der Waals surface area contributed by atoms with Gasteiger partial charge in [0.05, 0.1) is 40.7 Å². The largest absolute Gasteiger partial charge is 0.497 e.